The average molecular weight is 278 g/mol. The van der Waals surface area contributed by atoms with Crippen molar-refractivity contribution >= 4 is 32.4 Å². The fourth-order valence-corrected chi connectivity index (χ4v) is 2.11. The first-order valence-electron chi connectivity index (χ1n) is 4.64. The van der Waals surface area contributed by atoms with E-state index in [2.05, 4.69) is 52.0 Å². The van der Waals surface area contributed by atoms with E-state index in [0.717, 1.165) is 22.8 Å². The lowest BCUT2D eigenvalue weighted by Crippen LogP contribution is -2.31. The van der Waals surface area contributed by atoms with Crippen LogP contribution in [-0.4, -0.2) is 36.1 Å². The second kappa shape index (κ2) is 5.68. The molecule has 3 nitrogen and oxygen atoms in total. The number of aromatic nitrogens is 1. The molecule has 0 bridgehead atoms. The molecule has 0 spiro atoms. The van der Waals surface area contributed by atoms with Gasteiger partial charge in [-0.15, -0.1) is 11.3 Å². The Kier molecular flexibility index (Phi) is 4.84. The Morgan fingerprint density at radius 2 is 2.36 bits per heavy atom. The highest BCUT2D eigenvalue weighted by Gasteiger charge is 2.03. The van der Waals surface area contributed by atoms with E-state index in [9.17, 15) is 0 Å². The number of nitrogens with one attached hydrogen (secondary N) is 1. The lowest BCUT2D eigenvalue weighted by atomic mass is 10.3. The molecule has 0 aliphatic rings. The normalized spacial score (nSPS) is 11.3. The molecule has 0 saturated heterocycles. The van der Waals surface area contributed by atoms with E-state index >= 15 is 0 Å². The van der Waals surface area contributed by atoms with Gasteiger partial charge in [0, 0.05) is 24.5 Å². The number of halogens is 1. The van der Waals surface area contributed by atoms with Gasteiger partial charge in [0.05, 0.1) is 0 Å². The van der Waals surface area contributed by atoms with Gasteiger partial charge in [-0.1, -0.05) is 0 Å². The minimum Gasteiger partial charge on any atom is -0.360 e. The first-order valence-corrected chi connectivity index (χ1v) is 6.32. The van der Waals surface area contributed by atoms with Crippen molar-refractivity contribution in [3.63, 3.8) is 0 Å². The smallest absolute Gasteiger partial charge is 0.183 e. The van der Waals surface area contributed by atoms with Crippen LogP contribution in [0.25, 0.3) is 0 Å². The fraction of sp³-hybridized carbons (Fsp3) is 0.667. The molecule has 5 heteroatoms. The molecule has 14 heavy (non-hydrogen) atoms. The molecule has 0 radical (unpaired) electrons. The van der Waals surface area contributed by atoms with Crippen LogP contribution in [-0.2, 0) is 0 Å². The molecular weight excluding hydrogens is 262 g/mol. The molecule has 0 aromatic carbocycles. The van der Waals surface area contributed by atoms with E-state index in [1.54, 1.807) is 11.3 Å². The minimum atomic E-state index is 0.597. The lowest BCUT2D eigenvalue weighted by Gasteiger charge is -2.20. The first kappa shape index (κ1) is 11.9. The number of nitrogens with zero attached hydrogens (tertiary/aromatic N) is 2. The summed E-state index contributed by atoms with van der Waals surface area (Å²) in [6, 6.07) is 0.597. The zero-order chi connectivity index (χ0) is 10.6. The maximum absolute atomic E-state index is 4.26. The molecular formula is C9H16BrN3S. The highest BCUT2D eigenvalue weighted by molar-refractivity contribution is 9.10. The second-order valence-corrected chi connectivity index (χ2v) is 5.15. The van der Waals surface area contributed by atoms with Gasteiger partial charge in [-0.3, -0.25) is 0 Å². The van der Waals surface area contributed by atoms with Gasteiger partial charge < -0.3 is 10.2 Å². The highest BCUT2D eigenvalue weighted by Crippen LogP contribution is 2.18. The Morgan fingerprint density at radius 1 is 1.64 bits per heavy atom. The molecule has 1 rings (SSSR count). The van der Waals surface area contributed by atoms with E-state index in [1.165, 1.54) is 0 Å². The summed E-state index contributed by atoms with van der Waals surface area (Å²) in [4.78, 5) is 6.56. The van der Waals surface area contributed by atoms with Crippen molar-refractivity contribution in [1.29, 1.82) is 0 Å². The van der Waals surface area contributed by atoms with Crippen LogP contribution in [0.2, 0.25) is 0 Å². The van der Waals surface area contributed by atoms with Gasteiger partial charge >= 0.3 is 0 Å². The quantitative estimate of drug-likeness (QED) is 0.897. The lowest BCUT2D eigenvalue weighted by molar-refractivity contribution is 0.284. The minimum absolute atomic E-state index is 0.597. The van der Waals surface area contributed by atoms with Crippen LogP contribution in [0, 0.1) is 0 Å². The molecule has 0 fully saturated rings. The summed E-state index contributed by atoms with van der Waals surface area (Å²) >= 11 is 4.95. The summed E-state index contributed by atoms with van der Waals surface area (Å²) in [5.74, 6) is 0. The van der Waals surface area contributed by atoms with Gasteiger partial charge in [0.1, 0.15) is 4.60 Å². The molecule has 1 heterocycles. The van der Waals surface area contributed by atoms with Gasteiger partial charge in [-0.25, -0.2) is 4.98 Å². The van der Waals surface area contributed by atoms with Crippen LogP contribution >= 0.6 is 27.3 Å². The fourth-order valence-electron chi connectivity index (χ4n) is 0.933. The van der Waals surface area contributed by atoms with Gasteiger partial charge in [0.2, 0.25) is 0 Å². The standard InChI is InChI=1S/C9H16BrN3S/c1-7(2)13(3)5-4-11-9-12-8(10)6-14-9/h6-7H,4-5H2,1-3H3,(H,11,12). The Morgan fingerprint density at radius 3 is 2.86 bits per heavy atom. The molecule has 0 aliphatic carbocycles. The Balaban J connectivity index is 2.22. The van der Waals surface area contributed by atoms with Crippen molar-refractivity contribution in [2.75, 3.05) is 25.5 Å². The number of hydrogen-bond donors (Lipinski definition) is 1. The summed E-state index contributed by atoms with van der Waals surface area (Å²) in [5, 5.41) is 6.25. The molecule has 1 N–H and O–H groups in total. The summed E-state index contributed by atoms with van der Waals surface area (Å²) in [6.45, 7) is 6.36. The Bertz CT molecular complexity index is 275. The topological polar surface area (TPSA) is 28.2 Å². The summed E-state index contributed by atoms with van der Waals surface area (Å²) in [6.07, 6.45) is 0. The van der Waals surface area contributed by atoms with Crippen LogP contribution in [0.4, 0.5) is 5.13 Å². The first-order chi connectivity index (χ1) is 6.59. The third-order valence-electron chi connectivity index (χ3n) is 2.10. The zero-order valence-electron chi connectivity index (χ0n) is 8.75. The van der Waals surface area contributed by atoms with E-state index in [1.807, 2.05) is 5.38 Å². The Hall–Kier alpha value is -0.130. The number of thiazole rings is 1. The average Bonchev–Trinajstić information content (AvgIpc) is 2.51. The number of anilines is 1. The maximum Gasteiger partial charge on any atom is 0.183 e. The van der Waals surface area contributed by atoms with Gasteiger partial charge in [-0.2, -0.15) is 0 Å². The van der Waals surface area contributed by atoms with Crippen molar-refractivity contribution in [1.82, 2.24) is 9.88 Å². The van der Waals surface area contributed by atoms with Crippen molar-refractivity contribution in [3.05, 3.63) is 9.98 Å². The van der Waals surface area contributed by atoms with Crippen molar-refractivity contribution in [2.45, 2.75) is 19.9 Å². The second-order valence-electron chi connectivity index (χ2n) is 3.48. The van der Waals surface area contributed by atoms with Crippen LogP contribution in [0.15, 0.2) is 9.98 Å². The number of rotatable bonds is 5. The summed E-state index contributed by atoms with van der Waals surface area (Å²) in [5.41, 5.74) is 0. The summed E-state index contributed by atoms with van der Waals surface area (Å²) < 4.78 is 0.905. The molecule has 0 atom stereocenters. The van der Waals surface area contributed by atoms with Crippen molar-refractivity contribution in [2.24, 2.45) is 0 Å². The van der Waals surface area contributed by atoms with E-state index < -0.39 is 0 Å². The molecule has 1 aromatic heterocycles. The molecule has 80 valence electrons. The third-order valence-corrected chi connectivity index (χ3v) is 3.61. The summed E-state index contributed by atoms with van der Waals surface area (Å²) in [7, 11) is 2.13. The molecule has 0 aliphatic heterocycles. The number of likely N-dealkylation sites (N-methyl/N-ethyl adjacent to an activating group) is 1. The monoisotopic (exact) mass is 277 g/mol. The predicted molar refractivity (Wildman–Crippen MR) is 66.1 cm³/mol. The van der Waals surface area contributed by atoms with Gasteiger partial charge in [0.25, 0.3) is 0 Å². The Labute approximate surface area is 97.7 Å². The van der Waals surface area contributed by atoms with Gasteiger partial charge in [0.15, 0.2) is 5.13 Å². The van der Waals surface area contributed by atoms with Crippen LogP contribution < -0.4 is 5.32 Å². The molecule has 0 saturated carbocycles. The van der Waals surface area contributed by atoms with Crippen molar-refractivity contribution < 1.29 is 0 Å². The van der Waals surface area contributed by atoms with Crippen molar-refractivity contribution in [3.8, 4) is 0 Å². The SMILES string of the molecule is CC(C)N(C)CCNc1nc(Br)cs1. The van der Waals surface area contributed by atoms with Crippen LogP contribution in [0.5, 0.6) is 0 Å². The third kappa shape index (κ3) is 3.94. The number of hydrogen-bond acceptors (Lipinski definition) is 4. The molecule has 0 amide bonds. The van der Waals surface area contributed by atoms with Gasteiger partial charge in [-0.05, 0) is 36.8 Å². The predicted octanol–water partition coefficient (Wildman–Crippen LogP) is 2.66. The van der Waals surface area contributed by atoms with E-state index in [0.29, 0.717) is 6.04 Å². The maximum atomic E-state index is 4.26. The molecule has 1 aromatic rings. The largest absolute Gasteiger partial charge is 0.360 e. The van der Waals surface area contributed by atoms with Crippen LogP contribution in [0.1, 0.15) is 13.8 Å². The zero-order valence-corrected chi connectivity index (χ0v) is 11.2. The van der Waals surface area contributed by atoms with Crippen LogP contribution in [0.3, 0.4) is 0 Å². The highest BCUT2D eigenvalue weighted by atomic mass is 79.9. The van der Waals surface area contributed by atoms with E-state index in [4.69, 9.17) is 0 Å². The molecule has 0 unspecified atom stereocenters. The van der Waals surface area contributed by atoms with E-state index in [-0.39, 0.29) is 0 Å².